The molecule has 0 spiro atoms. The number of carboxylic acid groups (broad SMARTS) is 1. The van der Waals surface area contributed by atoms with Crippen molar-refractivity contribution in [3.8, 4) is 28.1 Å². The molecule has 1 N–H and O–H groups in total. The number of aryl methyl sites for hydroxylation is 1. The smallest absolute Gasteiger partial charge is 0.371 e. The number of aromatic carboxylic acids is 1. The lowest BCUT2D eigenvalue weighted by Crippen LogP contribution is -2.01. The van der Waals surface area contributed by atoms with Gasteiger partial charge in [-0.3, -0.25) is 0 Å². The fraction of sp³-hybridized carbons (Fsp3) is 0.172. The molecule has 188 valence electrons. The molecule has 0 saturated heterocycles. The molecule has 3 aromatic carbocycles. The second kappa shape index (κ2) is 9.96. The first-order valence-corrected chi connectivity index (χ1v) is 12.4. The molecular formula is C29H23Cl2NO5. The summed E-state index contributed by atoms with van der Waals surface area (Å²) in [5.74, 6) is 0.313. The number of furan rings is 1. The summed E-state index contributed by atoms with van der Waals surface area (Å²) in [5.41, 5.74) is 5.47. The number of fused-ring (bicyclic) bond motifs is 1. The van der Waals surface area contributed by atoms with Gasteiger partial charge in [0, 0.05) is 16.9 Å². The van der Waals surface area contributed by atoms with Crippen LogP contribution in [0.25, 0.3) is 33.4 Å². The zero-order valence-electron chi connectivity index (χ0n) is 20.3. The van der Waals surface area contributed by atoms with Crippen LogP contribution in [0.3, 0.4) is 0 Å². The molecular weight excluding hydrogens is 513 g/mol. The third-order valence-electron chi connectivity index (χ3n) is 6.16. The minimum Gasteiger partial charge on any atom is -0.489 e. The minimum atomic E-state index is -1.09. The van der Waals surface area contributed by atoms with Gasteiger partial charge in [-0.2, -0.15) is 0 Å². The third kappa shape index (κ3) is 4.82. The Morgan fingerprint density at radius 3 is 2.49 bits per heavy atom. The van der Waals surface area contributed by atoms with Crippen molar-refractivity contribution < 1.29 is 23.6 Å². The largest absolute Gasteiger partial charge is 0.489 e. The Bertz CT molecular complexity index is 1610. The molecule has 0 radical (unpaired) electrons. The molecule has 0 bridgehead atoms. The molecule has 2 aromatic heterocycles. The summed E-state index contributed by atoms with van der Waals surface area (Å²) in [6.07, 6.45) is 0. The normalized spacial score (nSPS) is 11.4. The molecule has 0 atom stereocenters. The lowest BCUT2D eigenvalue weighted by molar-refractivity contribution is 0.0665. The first kappa shape index (κ1) is 24.9. The lowest BCUT2D eigenvalue weighted by Gasteiger charge is -2.13. The van der Waals surface area contributed by atoms with E-state index in [1.807, 2.05) is 51.1 Å². The van der Waals surface area contributed by atoms with Crippen LogP contribution in [-0.2, 0) is 6.61 Å². The van der Waals surface area contributed by atoms with E-state index < -0.39 is 5.97 Å². The Morgan fingerprint density at radius 2 is 1.81 bits per heavy atom. The van der Waals surface area contributed by atoms with Crippen LogP contribution < -0.4 is 4.74 Å². The van der Waals surface area contributed by atoms with E-state index in [9.17, 15) is 9.90 Å². The number of rotatable bonds is 7. The van der Waals surface area contributed by atoms with E-state index >= 15 is 0 Å². The Morgan fingerprint density at radius 1 is 1.05 bits per heavy atom. The Hall–Kier alpha value is -3.74. The van der Waals surface area contributed by atoms with E-state index in [1.54, 1.807) is 24.3 Å². The van der Waals surface area contributed by atoms with Crippen LogP contribution in [0.1, 0.15) is 47.2 Å². The minimum absolute atomic E-state index is 0.0837. The van der Waals surface area contributed by atoms with Crippen LogP contribution in [0.15, 0.2) is 69.6 Å². The first-order valence-electron chi connectivity index (χ1n) is 11.7. The van der Waals surface area contributed by atoms with Crippen LogP contribution in [-0.4, -0.2) is 16.2 Å². The van der Waals surface area contributed by atoms with E-state index in [-0.39, 0.29) is 18.3 Å². The van der Waals surface area contributed by atoms with E-state index in [2.05, 4.69) is 5.16 Å². The number of ether oxygens (including phenoxy) is 1. The van der Waals surface area contributed by atoms with Gasteiger partial charge in [-0.15, -0.1) is 0 Å². The average Bonchev–Trinajstić information content (AvgIpc) is 3.47. The summed E-state index contributed by atoms with van der Waals surface area (Å²) in [5, 5.41) is 15.2. The standard InChI is InChI=1S/C29H23Cl2NO5/c1-15(2)28-21(27(32-37-28)26-22(30)5-4-6-23(26)31)14-35-19-8-9-20(16(3)11-19)17-7-10-24-18(12-17)13-25(36-24)29(33)34/h4-13,15H,14H2,1-3H3,(H,33,34). The fourth-order valence-electron chi connectivity index (χ4n) is 4.36. The maximum Gasteiger partial charge on any atom is 0.371 e. The van der Waals surface area contributed by atoms with Crippen LogP contribution >= 0.6 is 23.2 Å². The summed E-state index contributed by atoms with van der Waals surface area (Å²) >= 11 is 12.9. The maximum absolute atomic E-state index is 11.2. The number of carboxylic acids is 1. The predicted molar refractivity (Wildman–Crippen MR) is 144 cm³/mol. The van der Waals surface area contributed by atoms with Crippen LogP contribution in [0.4, 0.5) is 0 Å². The predicted octanol–water partition coefficient (Wildman–Crippen LogP) is 8.77. The number of hydrogen-bond acceptors (Lipinski definition) is 5. The summed E-state index contributed by atoms with van der Waals surface area (Å²) in [4.78, 5) is 11.2. The number of halogens is 2. The summed E-state index contributed by atoms with van der Waals surface area (Å²) in [6.45, 7) is 6.28. The van der Waals surface area contributed by atoms with E-state index in [4.69, 9.17) is 36.9 Å². The van der Waals surface area contributed by atoms with Crippen molar-refractivity contribution in [3.63, 3.8) is 0 Å². The zero-order chi connectivity index (χ0) is 26.3. The van der Waals surface area contributed by atoms with Gasteiger partial charge in [-0.05, 0) is 66.1 Å². The quantitative estimate of drug-likeness (QED) is 0.224. The van der Waals surface area contributed by atoms with Gasteiger partial charge in [0.25, 0.3) is 0 Å². The molecule has 2 heterocycles. The number of aromatic nitrogens is 1. The van der Waals surface area contributed by atoms with Crippen molar-refractivity contribution in [2.75, 3.05) is 0 Å². The van der Waals surface area contributed by atoms with E-state index in [0.717, 1.165) is 27.6 Å². The summed E-state index contributed by atoms with van der Waals surface area (Å²) in [6, 6.07) is 18.3. The van der Waals surface area contributed by atoms with Gasteiger partial charge in [-0.1, -0.05) is 60.4 Å². The van der Waals surface area contributed by atoms with Gasteiger partial charge in [-0.25, -0.2) is 4.79 Å². The van der Waals surface area contributed by atoms with Gasteiger partial charge in [0.1, 0.15) is 29.4 Å². The van der Waals surface area contributed by atoms with E-state index in [0.29, 0.717) is 38.4 Å². The van der Waals surface area contributed by atoms with E-state index in [1.165, 1.54) is 6.07 Å². The topological polar surface area (TPSA) is 85.7 Å². The van der Waals surface area contributed by atoms with Gasteiger partial charge in [0.2, 0.25) is 5.76 Å². The Kier molecular flexibility index (Phi) is 6.71. The van der Waals surface area contributed by atoms with Gasteiger partial charge in [0.05, 0.1) is 15.6 Å². The molecule has 0 saturated carbocycles. The molecule has 6 nitrogen and oxygen atoms in total. The SMILES string of the molecule is Cc1cc(OCc2c(-c3c(Cl)cccc3Cl)noc2C(C)C)ccc1-c1ccc2oc(C(=O)O)cc2c1. The first-order chi connectivity index (χ1) is 17.7. The average molecular weight is 536 g/mol. The second-order valence-electron chi connectivity index (χ2n) is 9.06. The molecule has 0 amide bonds. The van der Waals surface area contributed by atoms with Gasteiger partial charge >= 0.3 is 5.97 Å². The fourth-order valence-corrected chi connectivity index (χ4v) is 4.93. The highest BCUT2D eigenvalue weighted by Gasteiger charge is 2.24. The van der Waals surface area contributed by atoms with Crippen molar-refractivity contribution in [2.24, 2.45) is 0 Å². The van der Waals surface area contributed by atoms with Crippen molar-refractivity contribution in [2.45, 2.75) is 33.3 Å². The highest BCUT2D eigenvalue weighted by Crippen LogP contribution is 2.39. The highest BCUT2D eigenvalue weighted by molar-refractivity contribution is 6.39. The molecule has 0 unspecified atom stereocenters. The highest BCUT2D eigenvalue weighted by atomic mass is 35.5. The molecule has 0 aliphatic carbocycles. The molecule has 5 rings (SSSR count). The molecule has 0 fully saturated rings. The monoisotopic (exact) mass is 535 g/mol. The van der Waals surface area contributed by atoms with Crippen molar-refractivity contribution in [1.82, 2.24) is 5.16 Å². The summed E-state index contributed by atoms with van der Waals surface area (Å²) in [7, 11) is 0. The maximum atomic E-state index is 11.2. The Labute approximate surface area is 223 Å². The third-order valence-corrected chi connectivity index (χ3v) is 6.79. The van der Waals surface area contributed by atoms with Crippen molar-refractivity contribution in [3.05, 3.63) is 93.4 Å². The number of carbonyl (C=O) groups is 1. The number of benzene rings is 3. The Balaban J connectivity index is 1.43. The second-order valence-corrected chi connectivity index (χ2v) is 9.87. The number of hydrogen-bond donors (Lipinski definition) is 1. The summed E-state index contributed by atoms with van der Waals surface area (Å²) < 4.78 is 17.2. The van der Waals surface area contributed by atoms with Crippen LogP contribution in [0.5, 0.6) is 5.75 Å². The van der Waals surface area contributed by atoms with Crippen molar-refractivity contribution >= 4 is 40.1 Å². The van der Waals surface area contributed by atoms with Gasteiger partial charge < -0.3 is 18.8 Å². The zero-order valence-corrected chi connectivity index (χ0v) is 21.9. The lowest BCUT2D eigenvalue weighted by atomic mass is 9.99. The van der Waals surface area contributed by atoms with Crippen LogP contribution in [0, 0.1) is 6.92 Å². The number of nitrogens with zero attached hydrogens (tertiary/aromatic N) is 1. The van der Waals surface area contributed by atoms with Crippen LogP contribution in [0.2, 0.25) is 10.0 Å². The molecule has 0 aliphatic rings. The molecule has 8 heteroatoms. The molecule has 37 heavy (non-hydrogen) atoms. The van der Waals surface area contributed by atoms with Crippen molar-refractivity contribution in [1.29, 1.82) is 0 Å². The molecule has 0 aliphatic heterocycles. The molecule has 5 aromatic rings. The van der Waals surface area contributed by atoms with Gasteiger partial charge in [0.15, 0.2) is 0 Å².